The molecule has 0 radical (unpaired) electrons. The third-order valence-corrected chi connectivity index (χ3v) is 4.36. The van der Waals surface area contributed by atoms with E-state index in [1.807, 2.05) is 0 Å². The van der Waals surface area contributed by atoms with E-state index in [0.29, 0.717) is 18.2 Å². The molecule has 0 saturated heterocycles. The van der Waals surface area contributed by atoms with Crippen molar-refractivity contribution in [3.05, 3.63) is 65.2 Å². The summed E-state index contributed by atoms with van der Waals surface area (Å²) < 4.78 is 38.8. The number of hydrogen-bond acceptors (Lipinski definition) is 3. The van der Waals surface area contributed by atoms with Gasteiger partial charge in [-0.1, -0.05) is 6.07 Å². The number of benzene rings is 2. The van der Waals surface area contributed by atoms with E-state index in [2.05, 4.69) is 0 Å². The highest BCUT2D eigenvalue weighted by molar-refractivity contribution is 6.06. The lowest BCUT2D eigenvalue weighted by atomic mass is 10.1. The molecule has 5 nitrogen and oxygen atoms in total. The number of halogens is 3. The van der Waals surface area contributed by atoms with Gasteiger partial charge in [-0.25, -0.2) is 5.48 Å². The summed E-state index contributed by atoms with van der Waals surface area (Å²) in [6, 6.07) is 10.2. The third-order valence-electron chi connectivity index (χ3n) is 4.36. The predicted molar refractivity (Wildman–Crippen MR) is 91.5 cm³/mol. The van der Waals surface area contributed by atoms with Crippen molar-refractivity contribution in [3.63, 3.8) is 0 Å². The quantitative estimate of drug-likeness (QED) is 0.613. The molecule has 0 bridgehead atoms. The third kappa shape index (κ3) is 4.46. The van der Waals surface area contributed by atoms with Gasteiger partial charge in [0.1, 0.15) is 0 Å². The van der Waals surface area contributed by atoms with Crippen molar-refractivity contribution < 1.29 is 28.0 Å². The normalized spacial score (nSPS) is 13.9. The summed E-state index contributed by atoms with van der Waals surface area (Å²) >= 11 is 0. The average molecular weight is 378 g/mol. The van der Waals surface area contributed by atoms with Crippen LogP contribution in [-0.4, -0.2) is 23.6 Å². The first-order chi connectivity index (χ1) is 12.8. The van der Waals surface area contributed by atoms with Gasteiger partial charge >= 0.3 is 6.18 Å². The van der Waals surface area contributed by atoms with Crippen LogP contribution in [0.2, 0.25) is 0 Å². The molecule has 0 aromatic heterocycles. The number of anilines is 1. The van der Waals surface area contributed by atoms with E-state index in [4.69, 9.17) is 5.21 Å². The van der Waals surface area contributed by atoms with Gasteiger partial charge in [0.25, 0.3) is 11.8 Å². The van der Waals surface area contributed by atoms with E-state index in [1.165, 1.54) is 46.8 Å². The van der Waals surface area contributed by atoms with Crippen molar-refractivity contribution in [3.8, 4) is 0 Å². The lowest BCUT2D eigenvalue weighted by Crippen LogP contribution is -2.33. The van der Waals surface area contributed by atoms with Crippen molar-refractivity contribution in [2.75, 3.05) is 11.4 Å². The minimum atomic E-state index is -4.53. The Morgan fingerprint density at radius 1 is 1.07 bits per heavy atom. The van der Waals surface area contributed by atoms with Crippen LogP contribution in [0.1, 0.15) is 39.1 Å². The smallest absolute Gasteiger partial charge is 0.308 e. The predicted octanol–water partition coefficient (Wildman–Crippen LogP) is 3.88. The Bertz CT molecular complexity index is 846. The monoisotopic (exact) mass is 378 g/mol. The molecular formula is C19H17F3N2O3. The van der Waals surface area contributed by atoms with Crippen LogP contribution in [0.5, 0.6) is 0 Å². The SMILES string of the molecule is O=C(NO)c1ccc(N(CC2CC2)C(=O)c2cccc(C(F)(F)F)c2)cc1. The molecular weight excluding hydrogens is 361 g/mol. The van der Waals surface area contributed by atoms with Crippen LogP contribution in [0.4, 0.5) is 18.9 Å². The van der Waals surface area contributed by atoms with E-state index in [0.717, 1.165) is 25.0 Å². The van der Waals surface area contributed by atoms with Gasteiger partial charge in [0.15, 0.2) is 0 Å². The maximum absolute atomic E-state index is 12.9. The fraction of sp³-hybridized carbons (Fsp3) is 0.263. The van der Waals surface area contributed by atoms with Crippen LogP contribution < -0.4 is 10.4 Å². The van der Waals surface area contributed by atoms with Crippen LogP contribution >= 0.6 is 0 Å². The van der Waals surface area contributed by atoms with Crippen LogP contribution in [0, 0.1) is 5.92 Å². The van der Waals surface area contributed by atoms with E-state index in [1.54, 1.807) is 0 Å². The molecule has 2 amide bonds. The Morgan fingerprint density at radius 2 is 1.74 bits per heavy atom. The molecule has 0 unspecified atom stereocenters. The Morgan fingerprint density at radius 3 is 2.30 bits per heavy atom. The lowest BCUT2D eigenvalue weighted by molar-refractivity contribution is -0.137. The molecule has 1 saturated carbocycles. The van der Waals surface area contributed by atoms with Gasteiger partial charge < -0.3 is 4.90 Å². The van der Waals surface area contributed by atoms with Crippen LogP contribution in [-0.2, 0) is 6.18 Å². The van der Waals surface area contributed by atoms with E-state index < -0.39 is 23.6 Å². The zero-order valence-corrected chi connectivity index (χ0v) is 14.2. The fourth-order valence-corrected chi connectivity index (χ4v) is 2.71. The molecule has 1 aliphatic carbocycles. The Labute approximate surface area is 153 Å². The second-order valence-corrected chi connectivity index (χ2v) is 6.43. The highest BCUT2D eigenvalue weighted by Gasteiger charge is 2.32. The van der Waals surface area contributed by atoms with Gasteiger partial charge in [-0.3, -0.25) is 14.8 Å². The largest absolute Gasteiger partial charge is 0.416 e. The van der Waals surface area contributed by atoms with Gasteiger partial charge in [-0.15, -0.1) is 0 Å². The first kappa shape index (κ1) is 18.9. The second-order valence-electron chi connectivity index (χ2n) is 6.43. The first-order valence-corrected chi connectivity index (χ1v) is 8.33. The minimum absolute atomic E-state index is 0.0531. The molecule has 27 heavy (non-hydrogen) atoms. The van der Waals surface area contributed by atoms with Crippen molar-refractivity contribution in [1.29, 1.82) is 0 Å². The molecule has 2 N–H and O–H groups in total. The molecule has 2 aromatic rings. The Hall–Kier alpha value is -2.87. The van der Waals surface area contributed by atoms with Crippen molar-refractivity contribution in [2.24, 2.45) is 5.92 Å². The van der Waals surface area contributed by atoms with Crippen LogP contribution in [0.15, 0.2) is 48.5 Å². The van der Waals surface area contributed by atoms with E-state index in [-0.39, 0.29) is 11.1 Å². The zero-order chi connectivity index (χ0) is 19.6. The summed E-state index contributed by atoms with van der Waals surface area (Å²) in [5, 5.41) is 8.67. The van der Waals surface area contributed by atoms with Crippen LogP contribution in [0.3, 0.4) is 0 Å². The van der Waals surface area contributed by atoms with E-state index >= 15 is 0 Å². The van der Waals surface area contributed by atoms with Gasteiger partial charge in [-0.05, 0) is 61.2 Å². The minimum Gasteiger partial charge on any atom is -0.308 e. The summed E-state index contributed by atoms with van der Waals surface area (Å²) in [6.07, 6.45) is -2.62. The van der Waals surface area contributed by atoms with Gasteiger partial charge in [0, 0.05) is 23.4 Å². The highest BCUT2D eigenvalue weighted by atomic mass is 19.4. The fourth-order valence-electron chi connectivity index (χ4n) is 2.71. The standard InChI is InChI=1S/C19H17F3N2O3/c20-19(21,22)15-3-1-2-14(10-15)18(26)24(11-12-4-5-12)16-8-6-13(7-9-16)17(25)23-27/h1-3,6-10,12,27H,4-5,11H2,(H,23,25). The average Bonchev–Trinajstić information content (AvgIpc) is 3.49. The molecule has 8 heteroatoms. The number of alkyl halides is 3. The summed E-state index contributed by atoms with van der Waals surface area (Å²) in [5.41, 5.74) is 1.25. The molecule has 142 valence electrons. The summed E-state index contributed by atoms with van der Waals surface area (Å²) in [6.45, 7) is 0.390. The maximum Gasteiger partial charge on any atom is 0.416 e. The number of nitrogens with one attached hydrogen (secondary N) is 1. The van der Waals surface area contributed by atoms with Gasteiger partial charge in [0.2, 0.25) is 0 Å². The molecule has 0 heterocycles. The van der Waals surface area contributed by atoms with Crippen molar-refractivity contribution in [1.82, 2.24) is 5.48 Å². The number of hydrogen-bond donors (Lipinski definition) is 2. The number of rotatable bonds is 5. The number of carbonyl (C=O) groups is 2. The Balaban J connectivity index is 1.90. The van der Waals surface area contributed by atoms with Gasteiger partial charge in [0.05, 0.1) is 5.56 Å². The maximum atomic E-state index is 12.9. The summed E-state index contributed by atoms with van der Waals surface area (Å²) in [5.74, 6) is -0.924. The first-order valence-electron chi connectivity index (χ1n) is 8.33. The molecule has 2 aromatic carbocycles. The number of hydroxylamine groups is 1. The molecule has 0 atom stereocenters. The molecule has 0 aliphatic heterocycles. The zero-order valence-electron chi connectivity index (χ0n) is 14.2. The molecule has 3 rings (SSSR count). The number of amides is 2. The second kappa shape index (κ2) is 7.40. The number of carbonyl (C=O) groups excluding carboxylic acids is 2. The van der Waals surface area contributed by atoms with E-state index in [9.17, 15) is 22.8 Å². The summed E-state index contributed by atoms with van der Waals surface area (Å²) in [7, 11) is 0. The molecule has 1 aliphatic rings. The molecule has 0 spiro atoms. The van der Waals surface area contributed by atoms with Crippen molar-refractivity contribution in [2.45, 2.75) is 19.0 Å². The van der Waals surface area contributed by atoms with Crippen LogP contribution in [0.25, 0.3) is 0 Å². The Kier molecular flexibility index (Phi) is 5.18. The number of nitrogens with zero attached hydrogens (tertiary/aromatic N) is 1. The topological polar surface area (TPSA) is 69.6 Å². The molecule has 1 fully saturated rings. The summed E-state index contributed by atoms with van der Waals surface area (Å²) in [4.78, 5) is 25.7. The highest BCUT2D eigenvalue weighted by Crippen LogP contribution is 2.33. The van der Waals surface area contributed by atoms with Gasteiger partial charge in [-0.2, -0.15) is 13.2 Å². The van der Waals surface area contributed by atoms with Crippen molar-refractivity contribution >= 4 is 17.5 Å². The lowest BCUT2D eigenvalue weighted by Gasteiger charge is -2.23.